The molecule has 0 radical (unpaired) electrons. The Kier molecular flexibility index (Phi) is 4.22. The number of nitrogens with one attached hydrogen (secondary N) is 1. The summed E-state index contributed by atoms with van der Waals surface area (Å²) in [6, 6.07) is 1.73. The molecule has 2 aromatic rings. The van der Waals surface area contributed by atoms with E-state index in [9.17, 15) is 0 Å². The molecule has 0 saturated heterocycles. The van der Waals surface area contributed by atoms with Crippen molar-refractivity contribution in [2.75, 3.05) is 5.32 Å². The minimum Gasteiger partial charge on any atom is -0.365 e. The van der Waals surface area contributed by atoms with Crippen LogP contribution in [0.5, 0.6) is 0 Å². The van der Waals surface area contributed by atoms with Crippen LogP contribution < -0.4 is 5.32 Å². The highest BCUT2D eigenvalue weighted by Crippen LogP contribution is 2.30. The first-order chi connectivity index (χ1) is 9.17. The van der Waals surface area contributed by atoms with Gasteiger partial charge in [0.05, 0.1) is 15.7 Å². The lowest BCUT2D eigenvalue weighted by Crippen LogP contribution is -2.27. The number of hydrogen-bond acceptors (Lipinski definition) is 2. The fraction of sp³-hybridized carbons (Fsp3) is 0.533. The van der Waals surface area contributed by atoms with Crippen LogP contribution in [0.2, 0.25) is 10.0 Å². The monoisotopic (exact) mass is 313 g/mol. The maximum absolute atomic E-state index is 6.26. The van der Waals surface area contributed by atoms with E-state index in [2.05, 4.69) is 44.9 Å². The van der Waals surface area contributed by atoms with Gasteiger partial charge < -0.3 is 5.32 Å². The summed E-state index contributed by atoms with van der Waals surface area (Å²) in [4.78, 5) is 4.69. The molecule has 0 fully saturated rings. The van der Waals surface area contributed by atoms with Gasteiger partial charge in [-0.15, -0.1) is 0 Å². The fourth-order valence-electron chi connectivity index (χ4n) is 2.14. The molecule has 0 amide bonds. The van der Waals surface area contributed by atoms with E-state index in [1.807, 2.05) is 10.6 Å². The third kappa shape index (κ3) is 3.39. The van der Waals surface area contributed by atoms with Crippen molar-refractivity contribution in [3.63, 3.8) is 0 Å². The molecule has 2 heterocycles. The summed E-state index contributed by atoms with van der Waals surface area (Å²) in [5.41, 5.74) is 1.72. The van der Waals surface area contributed by atoms with Gasteiger partial charge in [-0.05, 0) is 39.2 Å². The SMILES string of the molecule is CC(C)Cc1nc2c(Cl)cc(Cl)cn2c1NC(C)(C)C. The summed E-state index contributed by atoms with van der Waals surface area (Å²) in [6.07, 6.45) is 2.75. The molecule has 0 saturated carbocycles. The van der Waals surface area contributed by atoms with E-state index in [1.54, 1.807) is 6.07 Å². The van der Waals surface area contributed by atoms with Gasteiger partial charge in [0.15, 0.2) is 5.65 Å². The molecule has 0 aliphatic rings. The molecule has 2 aromatic heterocycles. The van der Waals surface area contributed by atoms with Crippen molar-refractivity contribution in [3.8, 4) is 0 Å². The summed E-state index contributed by atoms with van der Waals surface area (Å²) in [5.74, 6) is 1.50. The van der Waals surface area contributed by atoms with Crippen LogP contribution in [-0.4, -0.2) is 14.9 Å². The number of rotatable bonds is 3. The number of nitrogens with zero attached hydrogens (tertiary/aromatic N) is 2. The smallest absolute Gasteiger partial charge is 0.157 e. The van der Waals surface area contributed by atoms with Crippen LogP contribution in [0.1, 0.15) is 40.3 Å². The number of imidazole rings is 1. The molecule has 0 unspecified atom stereocenters. The van der Waals surface area contributed by atoms with Crippen LogP contribution in [-0.2, 0) is 6.42 Å². The number of halogens is 2. The zero-order valence-corrected chi connectivity index (χ0v) is 14.1. The Morgan fingerprint density at radius 3 is 2.50 bits per heavy atom. The number of hydrogen-bond donors (Lipinski definition) is 1. The Morgan fingerprint density at radius 2 is 1.95 bits per heavy atom. The van der Waals surface area contributed by atoms with Gasteiger partial charge in [0, 0.05) is 11.7 Å². The minimum absolute atomic E-state index is 0.0590. The van der Waals surface area contributed by atoms with Crippen LogP contribution in [0.4, 0.5) is 5.82 Å². The second kappa shape index (κ2) is 5.45. The lowest BCUT2D eigenvalue weighted by Gasteiger charge is -2.23. The third-order valence-electron chi connectivity index (χ3n) is 2.81. The van der Waals surface area contributed by atoms with E-state index in [0.29, 0.717) is 16.0 Å². The van der Waals surface area contributed by atoms with Crippen molar-refractivity contribution in [1.29, 1.82) is 0 Å². The highest BCUT2D eigenvalue weighted by molar-refractivity contribution is 6.36. The van der Waals surface area contributed by atoms with Crippen LogP contribution in [0, 0.1) is 5.92 Å². The Balaban J connectivity index is 2.64. The van der Waals surface area contributed by atoms with Crippen molar-refractivity contribution >= 4 is 34.7 Å². The maximum atomic E-state index is 6.26. The van der Waals surface area contributed by atoms with Gasteiger partial charge in [0.1, 0.15) is 5.82 Å². The highest BCUT2D eigenvalue weighted by Gasteiger charge is 2.20. The molecule has 0 aliphatic carbocycles. The second-order valence-electron chi connectivity index (χ2n) is 6.58. The second-order valence-corrected chi connectivity index (χ2v) is 7.42. The average Bonchev–Trinajstić information content (AvgIpc) is 2.55. The first kappa shape index (κ1) is 15.5. The first-order valence-corrected chi connectivity index (χ1v) is 7.57. The lowest BCUT2D eigenvalue weighted by molar-refractivity contribution is 0.614. The van der Waals surface area contributed by atoms with E-state index in [1.165, 1.54) is 0 Å². The fourth-order valence-corrected chi connectivity index (χ4v) is 2.65. The van der Waals surface area contributed by atoms with Crippen LogP contribution >= 0.6 is 23.2 Å². The van der Waals surface area contributed by atoms with Crippen molar-refractivity contribution in [1.82, 2.24) is 9.38 Å². The zero-order chi connectivity index (χ0) is 15.1. The summed E-state index contributed by atoms with van der Waals surface area (Å²) >= 11 is 12.4. The largest absolute Gasteiger partial charge is 0.365 e. The van der Waals surface area contributed by atoms with E-state index in [-0.39, 0.29) is 5.54 Å². The third-order valence-corrected chi connectivity index (χ3v) is 3.29. The molecule has 1 N–H and O–H groups in total. The molecular weight excluding hydrogens is 293 g/mol. The van der Waals surface area contributed by atoms with Gasteiger partial charge >= 0.3 is 0 Å². The van der Waals surface area contributed by atoms with Crippen molar-refractivity contribution in [2.45, 2.75) is 46.6 Å². The van der Waals surface area contributed by atoms with E-state index in [0.717, 1.165) is 23.6 Å². The van der Waals surface area contributed by atoms with Crippen molar-refractivity contribution in [2.24, 2.45) is 5.92 Å². The molecule has 5 heteroatoms. The van der Waals surface area contributed by atoms with Gasteiger partial charge in [-0.25, -0.2) is 4.98 Å². The Morgan fingerprint density at radius 1 is 1.30 bits per heavy atom. The minimum atomic E-state index is -0.0590. The van der Waals surface area contributed by atoms with Gasteiger partial charge in [0.2, 0.25) is 0 Å². The molecule has 110 valence electrons. The van der Waals surface area contributed by atoms with Crippen molar-refractivity contribution < 1.29 is 0 Å². The van der Waals surface area contributed by atoms with E-state index >= 15 is 0 Å². The Labute approximate surface area is 130 Å². The van der Waals surface area contributed by atoms with Gasteiger partial charge in [-0.1, -0.05) is 37.0 Å². The van der Waals surface area contributed by atoms with Crippen LogP contribution in [0.25, 0.3) is 5.65 Å². The van der Waals surface area contributed by atoms with Crippen LogP contribution in [0.15, 0.2) is 12.3 Å². The summed E-state index contributed by atoms with van der Waals surface area (Å²) < 4.78 is 1.95. The summed E-state index contributed by atoms with van der Waals surface area (Å²) in [5, 5.41) is 4.69. The average molecular weight is 314 g/mol. The number of fused-ring (bicyclic) bond motifs is 1. The summed E-state index contributed by atoms with van der Waals surface area (Å²) in [7, 11) is 0. The van der Waals surface area contributed by atoms with E-state index in [4.69, 9.17) is 23.2 Å². The lowest BCUT2D eigenvalue weighted by atomic mass is 10.1. The molecule has 3 nitrogen and oxygen atoms in total. The van der Waals surface area contributed by atoms with Crippen LogP contribution in [0.3, 0.4) is 0 Å². The molecule has 0 atom stereocenters. The van der Waals surface area contributed by atoms with Gasteiger partial charge in [-0.3, -0.25) is 4.40 Å². The van der Waals surface area contributed by atoms with Gasteiger partial charge in [-0.2, -0.15) is 0 Å². The zero-order valence-electron chi connectivity index (χ0n) is 12.6. The Bertz CT molecular complexity index is 624. The molecule has 2 rings (SSSR count). The predicted octanol–water partition coefficient (Wildman–Crippen LogP) is 5.05. The topological polar surface area (TPSA) is 29.3 Å². The normalized spacial score (nSPS) is 12.4. The maximum Gasteiger partial charge on any atom is 0.157 e. The molecular formula is C15H21Cl2N3. The quantitative estimate of drug-likeness (QED) is 0.859. The molecule has 0 aliphatic heterocycles. The standard InChI is InChI=1S/C15H21Cl2N3/c1-9(2)6-12-14(19-15(3,4)5)20-8-10(16)7-11(17)13(20)18-12/h7-9,19H,6H2,1-5H3. The number of anilines is 1. The Hall–Kier alpha value is -0.930. The van der Waals surface area contributed by atoms with E-state index < -0.39 is 0 Å². The predicted molar refractivity (Wildman–Crippen MR) is 87.1 cm³/mol. The van der Waals surface area contributed by atoms with Crippen molar-refractivity contribution in [3.05, 3.63) is 28.0 Å². The molecule has 20 heavy (non-hydrogen) atoms. The summed E-state index contributed by atoms with van der Waals surface area (Å²) in [6.45, 7) is 10.7. The molecule has 0 bridgehead atoms. The number of pyridine rings is 1. The van der Waals surface area contributed by atoms with Gasteiger partial charge in [0.25, 0.3) is 0 Å². The first-order valence-electron chi connectivity index (χ1n) is 6.81. The highest BCUT2D eigenvalue weighted by atomic mass is 35.5. The molecule has 0 aromatic carbocycles. The molecule has 0 spiro atoms. The number of aromatic nitrogens is 2.